The van der Waals surface area contributed by atoms with Gasteiger partial charge in [-0.2, -0.15) is 0 Å². The normalized spacial score (nSPS) is 20.2. The standard InChI is InChI=1S/C11H10BrClN2O/c1-2-7-3-10(16)15(6-7)9-4-8(12)5-14-11(9)13/h2,4-5,7H,1,3,6H2. The molecule has 1 unspecified atom stereocenters. The molecule has 1 aromatic rings. The third-order valence-electron chi connectivity index (χ3n) is 2.57. The van der Waals surface area contributed by atoms with Crippen LogP contribution in [0.3, 0.4) is 0 Å². The second-order valence-electron chi connectivity index (χ2n) is 3.67. The van der Waals surface area contributed by atoms with Crippen molar-refractivity contribution in [2.75, 3.05) is 11.4 Å². The smallest absolute Gasteiger partial charge is 0.227 e. The van der Waals surface area contributed by atoms with Crippen LogP contribution in [0, 0.1) is 5.92 Å². The third-order valence-corrected chi connectivity index (χ3v) is 3.29. The zero-order valence-corrected chi connectivity index (χ0v) is 10.8. The first kappa shape index (κ1) is 11.6. The lowest BCUT2D eigenvalue weighted by Crippen LogP contribution is -2.24. The van der Waals surface area contributed by atoms with Gasteiger partial charge in [-0.1, -0.05) is 17.7 Å². The van der Waals surface area contributed by atoms with E-state index in [0.717, 1.165) is 4.47 Å². The first-order chi connectivity index (χ1) is 7.61. The second-order valence-corrected chi connectivity index (χ2v) is 4.94. The average molecular weight is 302 g/mol. The number of carbonyl (C=O) groups is 1. The summed E-state index contributed by atoms with van der Waals surface area (Å²) >= 11 is 9.30. The lowest BCUT2D eigenvalue weighted by Gasteiger charge is -2.17. The van der Waals surface area contributed by atoms with E-state index in [1.54, 1.807) is 23.2 Å². The maximum Gasteiger partial charge on any atom is 0.227 e. The molecule has 1 atom stereocenters. The number of amides is 1. The van der Waals surface area contributed by atoms with Gasteiger partial charge in [-0.15, -0.1) is 6.58 Å². The Morgan fingerprint density at radius 3 is 3.06 bits per heavy atom. The molecule has 0 aromatic carbocycles. The van der Waals surface area contributed by atoms with Crippen molar-refractivity contribution in [2.45, 2.75) is 6.42 Å². The highest BCUT2D eigenvalue weighted by molar-refractivity contribution is 9.10. The molecule has 2 heterocycles. The van der Waals surface area contributed by atoms with Crippen molar-refractivity contribution < 1.29 is 4.79 Å². The molecule has 5 heteroatoms. The van der Waals surface area contributed by atoms with E-state index in [1.807, 2.05) is 0 Å². The maximum absolute atomic E-state index is 11.8. The summed E-state index contributed by atoms with van der Waals surface area (Å²) in [6, 6.07) is 1.80. The van der Waals surface area contributed by atoms with Gasteiger partial charge < -0.3 is 4.90 Å². The van der Waals surface area contributed by atoms with Crippen molar-refractivity contribution >= 4 is 39.1 Å². The Morgan fingerprint density at radius 1 is 1.69 bits per heavy atom. The first-order valence-electron chi connectivity index (χ1n) is 4.85. The Bertz CT molecular complexity index is 450. The van der Waals surface area contributed by atoms with Crippen molar-refractivity contribution in [1.82, 2.24) is 4.98 Å². The number of carbonyl (C=O) groups excluding carboxylic acids is 1. The predicted molar refractivity (Wildman–Crippen MR) is 67.6 cm³/mol. The summed E-state index contributed by atoms with van der Waals surface area (Å²) in [6.45, 7) is 4.33. The summed E-state index contributed by atoms with van der Waals surface area (Å²) in [5.74, 6) is 0.259. The first-order valence-corrected chi connectivity index (χ1v) is 6.03. The van der Waals surface area contributed by atoms with E-state index in [4.69, 9.17) is 11.6 Å². The molecule has 1 fully saturated rings. The molecule has 3 nitrogen and oxygen atoms in total. The van der Waals surface area contributed by atoms with Crippen LogP contribution in [0.15, 0.2) is 29.4 Å². The van der Waals surface area contributed by atoms with E-state index >= 15 is 0 Å². The van der Waals surface area contributed by atoms with Crippen molar-refractivity contribution in [3.63, 3.8) is 0 Å². The third kappa shape index (κ3) is 2.13. The van der Waals surface area contributed by atoms with E-state index in [9.17, 15) is 4.79 Å². The lowest BCUT2D eigenvalue weighted by atomic mass is 10.1. The molecule has 0 N–H and O–H groups in total. The molecule has 0 radical (unpaired) electrons. The fourth-order valence-corrected chi connectivity index (χ4v) is 2.25. The zero-order chi connectivity index (χ0) is 11.7. The molecule has 0 spiro atoms. The van der Waals surface area contributed by atoms with Gasteiger partial charge in [0.15, 0.2) is 5.15 Å². The molecule has 0 saturated carbocycles. The number of hydrogen-bond donors (Lipinski definition) is 0. The highest BCUT2D eigenvalue weighted by Gasteiger charge is 2.30. The number of aromatic nitrogens is 1. The number of nitrogens with zero attached hydrogens (tertiary/aromatic N) is 2. The van der Waals surface area contributed by atoms with Crippen LogP contribution in [0.2, 0.25) is 5.15 Å². The summed E-state index contributed by atoms with van der Waals surface area (Å²) in [6.07, 6.45) is 3.90. The van der Waals surface area contributed by atoms with Gasteiger partial charge in [0.2, 0.25) is 5.91 Å². The van der Waals surface area contributed by atoms with Crippen molar-refractivity contribution in [3.8, 4) is 0 Å². The average Bonchev–Trinajstić information content (AvgIpc) is 2.63. The maximum atomic E-state index is 11.8. The summed E-state index contributed by atoms with van der Waals surface area (Å²) in [7, 11) is 0. The Morgan fingerprint density at radius 2 is 2.44 bits per heavy atom. The van der Waals surface area contributed by atoms with Gasteiger partial charge in [0, 0.05) is 29.6 Å². The Labute approximate surface area is 107 Å². The van der Waals surface area contributed by atoms with Gasteiger partial charge in [0.1, 0.15) is 0 Å². The highest BCUT2D eigenvalue weighted by atomic mass is 79.9. The van der Waals surface area contributed by atoms with Gasteiger partial charge in [0.05, 0.1) is 5.69 Å². The fraction of sp³-hybridized carbons (Fsp3) is 0.273. The molecule has 1 saturated heterocycles. The molecule has 0 aliphatic carbocycles. The Balaban J connectivity index is 2.34. The van der Waals surface area contributed by atoms with Crippen molar-refractivity contribution in [3.05, 3.63) is 34.5 Å². The summed E-state index contributed by atoms with van der Waals surface area (Å²) in [4.78, 5) is 17.5. The van der Waals surface area contributed by atoms with Gasteiger partial charge in [-0.25, -0.2) is 4.98 Å². The lowest BCUT2D eigenvalue weighted by molar-refractivity contribution is -0.117. The quantitative estimate of drug-likeness (QED) is 0.621. The van der Waals surface area contributed by atoms with Crippen LogP contribution in [-0.4, -0.2) is 17.4 Å². The van der Waals surface area contributed by atoms with Crippen LogP contribution in [0.1, 0.15) is 6.42 Å². The molecule has 16 heavy (non-hydrogen) atoms. The van der Waals surface area contributed by atoms with Gasteiger partial charge in [-0.05, 0) is 22.0 Å². The van der Waals surface area contributed by atoms with Crippen LogP contribution in [-0.2, 0) is 4.79 Å². The van der Waals surface area contributed by atoms with Crippen LogP contribution in [0.25, 0.3) is 0 Å². The molecule has 1 aromatic heterocycles. The van der Waals surface area contributed by atoms with E-state index in [-0.39, 0.29) is 11.8 Å². The van der Waals surface area contributed by atoms with Crippen LogP contribution >= 0.6 is 27.5 Å². The monoisotopic (exact) mass is 300 g/mol. The molecule has 1 amide bonds. The van der Waals surface area contributed by atoms with E-state index in [2.05, 4.69) is 27.5 Å². The molecule has 0 bridgehead atoms. The minimum Gasteiger partial charge on any atom is -0.309 e. The largest absolute Gasteiger partial charge is 0.309 e. The van der Waals surface area contributed by atoms with E-state index in [0.29, 0.717) is 23.8 Å². The highest BCUT2D eigenvalue weighted by Crippen LogP contribution is 2.32. The molecule has 1 aliphatic heterocycles. The van der Waals surface area contributed by atoms with Crippen LogP contribution < -0.4 is 4.90 Å². The topological polar surface area (TPSA) is 33.2 Å². The van der Waals surface area contributed by atoms with Crippen LogP contribution in [0.5, 0.6) is 0 Å². The van der Waals surface area contributed by atoms with Gasteiger partial charge in [-0.3, -0.25) is 4.79 Å². The van der Waals surface area contributed by atoms with Crippen molar-refractivity contribution in [2.24, 2.45) is 5.92 Å². The molecule has 1 aliphatic rings. The minimum absolute atomic E-state index is 0.0618. The number of rotatable bonds is 2. The minimum atomic E-state index is 0.0618. The molecular weight excluding hydrogens is 291 g/mol. The number of hydrogen-bond acceptors (Lipinski definition) is 2. The Hall–Kier alpha value is -0.870. The number of anilines is 1. The van der Waals surface area contributed by atoms with Gasteiger partial charge >= 0.3 is 0 Å². The summed E-state index contributed by atoms with van der Waals surface area (Å²) in [5, 5.41) is 0.348. The van der Waals surface area contributed by atoms with Crippen LogP contribution in [0.4, 0.5) is 5.69 Å². The molecular formula is C11H10BrClN2O. The van der Waals surface area contributed by atoms with E-state index < -0.39 is 0 Å². The Kier molecular flexibility index (Phi) is 3.30. The molecule has 2 rings (SSSR count). The SMILES string of the molecule is C=CC1CC(=O)N(c2cc(Br)cnc2Cl)C1. The second kappa shape index (κ2) is 4.55. The summed E-state index contributed by atoms with van der Waals surface area (Å²) in [5.41, 5.74) is 0.658. The molecule has 84 valence electrons. The number of halogens is 2. The van der Waals surface area contributed by atoms with Crippen molar-refractivity contribution in [1.29, 1.82) is 0 Å². The van der Waals surface area contributed by atoms with Gasteiger partial charge in [0.25, 0.3) is 0 Å². The summed E-state index contributed by atoms with van der Waals surface area (Å²) < 4.78 is 0.807. The fourth-order valence-electron chi connectivity index (χ4n) is 1.73. The zero-order valence-electron chi connectivity index (χ0n) is 8.49. The number of pyridine rings is 1. The predicted octanol–water partition coefficient (Wildman–Crippen LogP) is 3.04. The van der Waals surface area contributed by atoms with E-state index in [1.165, 1.54) is 0 Å².